The minimum absolute atomic E-state index is 0. The van der Waals surface area contributed by atoms with Gasteiger partial charge in [0, 0.05) is 37.7 Å². The number of aliphatic imine (C=N–C) groups is 1. The molecule has 146 valence electrons. The molecule has 0 bridgehead atoms. The topological polar surface area (TPSA) is 96.2 Å². The molecule has 8 nitrogen and oxygen atoms in total. The molecule has 2 heterocycles. The van der Waals surface area contributed by atoms with Gasteiger partial charge in [0.2, 0.25) is 5.91 Å². The van der Waals surface area contributed by atoms with Crippen molar-refractivity contribution in [1.29, 1.82) is 0 Å². The molecule has 27 heavy (non-hydrogen) atoms. The first-order valence-corrected chi connectivity index (χ1v) is 8.98. The second kappa shape index (κ2) is 10.2. The van der Waals surface area contributed by atoms with Gasteiger partial charge < -0.3 is 20.5 Å². The highest BCUT2D eigenvalue weighted by Gasteiger charge is 2.24. The zero-order valence-electron chi connectivity index (χ0n) is 15.6. The molecule has 1 unspecified atom stereocenters. The summed E-state index contributed by atoms with van der Waals surface area (Å²) in [4.78, 5) is 16.6. The van der Waals surface area contributed by atoms with Crippen LogP contribution in [0, 0.1) is 0 Å². The van der Waals surface area contributed by atoms with Crippen molar-refractivity contribution in [3.05, 3.63) is 42.0 Å². The fraction of sp³-hybridized carbons (Fsp3) is 0.444. The summed E-state index contributed by atoms with van der Waals surface area (Å²) in [5.41, 5.74) is 2.05. The van der Waals surface area contributed by atoms with E-state index in [9.17, 15) is 4.79 Å². The molecule has 0 aliphatic carbocycles. The van der Waals surface area contributed by atoms with E-state index in [1.807, 2.05) is 36.6 Å². The van der Waals surface area contributed by atoms with Crippen molar-refractivity contribution in [3.63, 3.8) is 0 Å². The standard InChI is InChI=1S/C18H25N7O.HI/c1-3-19-18(21-11-16-24-22-12-25(16)4-2)20-10-13-9-17(26)23-15-8-6-5-7-14(13)15;/h5-8,12-13H,3-4,9-11H2,1-2H3,(H,23,26)(H2,19,20,21);1H. The molecule has 0 saturated heterocycles. The largest absolute Gasteiger partial charge is 0.357 e. The van der Waals surface area contributed by atoms with Crippen LogP contribution in [0.15, 0.2) is 35.6 Å². The molecule has 0 spiro atoms. The van der Waals surface area contributed by atoms with E-state index in [0.29, 0.717) is 25.5 Å². The van der Waals surface area contributed by atoms with Gasteiger partial charge in [-0.2, -0.15) is 0 Å². The Morgan fingerprint density at radius 2 is 2.15 bits per heavy atom. The highest BCUT2D eigenvalue weighted by Crippen LogP contribution is 2.31. The van der Waals surface area contributed by atoms with E-state index in [4.69, 9.17) is 0 Å². The number of fused-ring (bicyclic) bond motifs is 1. The highest BCUT2D eigenvalue weighted by molar-refractivity contribution is 14.0. The van der Waals surface area contributed by atoms with Crippen LogP contribution in [-0.2, 0) is 17.9 Å². The van der Waals surface area contributed by atoms with Crippen LogP contribution in [0.1, 0.15) is 37.6 Å². The molecular weight excluding hydrogens is 457 g/mol. The van der Waals surface area contributed by atoms with Crippen molar-refractivity contribution < 1.29 is 4.79 Å². The SMILES string of the molecule is CCNC(=NCc1nncn1CC)NCC1CC(=O)Nc2ccccc21.I. The Morgan fingerprint density at radius 1 is 1.33 bits per heavy atom. The maximum Gasteiger partial charge on any atom is 0.225 e. The molecule has 3 N–H and O–H groups in total. The predicted octanol–water partition coefficient (Wildman–Crippen LogP) is 2.10. The molecule has 0 fully saturated rings. The minimum atomic E-state index is 0. The Balaban J connectivity index is 0.00000261. The summed E-state index contributed by atoms with van der Waals surface area (Å²) in [5, 5.41) is 17.6. The maximum absolute atomic E-state index is 12.0. The molecular formula is C18H26IN7O. The first-order valence-electron chi connectivity index (χ1n) is 8.98. The number of guanidine groups is 1. The summed E-state index contributed by atoms with van der Waals surface area (Å²) in [6.45, 7) is 6.73. The lowest BCUT2D eigenvalue weighted by Gasteiger charge is -2.26. The number of nitrogens with one attached hydrogen (secondary N) is 3. The van der Waals surface area contributed by atoms with E-state index in [1.165, 1.54) is 0 Å². The van der Waals surface area contributed by atoms with Gasteiger partial charge in [-0.25, -0.2) is 4.99 Å². The summed E-state index contributed by atoms with van der Waals surface area (Å²) >= 11 is 0. The van der Waals surface area contributed by atoms with E-state index in [2.05, 4.69) is 37.2 Å². The number of amides is 1. The Kier molecular flexibility index (Phi) is 8.01. The molecule has 1 aliphatic heterocycles. The van der Waals surface area contributed by atoms with Crippen molar-refractivity contribution in [2.24, 2.45) is 4.99 Å². The molecule has 3 rings (SSSR count). The van der Waals surface area contributed by atoms with E-state index in [0.717, 1.165) is 30.2 Å². The van der Waals surface area contributed by atoms with Gasteiger partial charge in [0.15, 0.2) is 11.8 Å². The number of anilines is 1. The molecule has 2 aromatic rings. The van der Waals surface area contributed by atoms with E-state index in [-0.39, 0.29) is 35.8 Å². The fourth-order valence-electron chi connectivity index (χ4n) is 3.06. The molecule has 1 aromatic heterocycles. The van der Waals surface area contributed by atoms with E-state index in [1.54, 1.807) is 6.33 Å². The number of carbonyl (C=O) groups is 1. The number of para-hydroxylation sites is 1. The van der Waals surface area contributed by atoms with Crippen molar-refractivity contribution >= 4 is 41.5 Å². The van der Waals surface area contributed by atoms with Gasteiger partial charge in [-0.1, -0.05) is 18.2 Å². The molecule has 1 aromatic carbocycles. The average molecular weight is 483 g/mol. The van der Waals surface area contributed by atoms with Crippen LogP contribution in [0.5, 0.6) is 0 Å². The molecule has 9 heteroatoms. The zero-order chi connectivity index (χ0) is 18.4. The lowest BCUT2D eigenvalue weighted by Crippen LogP contribution is -2.40. The normalized spacial score (nSPS) is 16.1. The number of benzene rings is 1. The predicted molar refractivity (Wildman–Crippen MR) is 116 cm³/mol. The third-order valence-electron chi connectivity index (χ3n) is 4.38. The Hall–Kier alpha value is -2.17. The van der Waals surface area contributed by atoms with Crippen LogP contribution in [-0.4, -0.2) is 39.7 Å². The molecule has 1 atom stereocenters. The number of nitrogens with zero attached hydrogens (tertiary/aromatic N) is 4. The van der Waals surface area contributed by atoms with Gasteiger partial charge in [-0.05, 0) is 25.5 Å². The highest BCUT2D eigenvalue weighted by atomic mass is 127. The molecule has 1 aliphatic rings. The maximum atomic E-state index is 12.0. The Labute approximate surface area is 176 Å². The molecule has 0 radical (unpaired) electrons. The van der Waals surface area contributed by atoms with Crippen molar-refractivity contribution in [2.45, 2.75) is 39.3 Å². The summed E-state index contributed by atoms with van der Waals surface area (Å²) < 4.78 is 1.97. The number of aryl methyl sites for hydroxylation is 1. The first kappa shape index (κ1) is 21.1. The number of rotatable bonds is 6. The van der Waals surface area contributed by atoms with Crippen molar-refractivity contribution in [1.82, 2.24) is 25.4 Å². The summed E-state index contributed by atoms with van der Waals surface area (Å²) in [6.07, 6.45) is 2.18. The Bertz CT molecular complexity index is 790. The van der Waals surface area contributed by atoms with Gasteiger partial charge in [0.25, 0.3) is 0 Å². The van der Waals surface area contributed by atoms with Crippen LogP contribution in [0.3, 0.4) is 0 Å². The second-order valence-electron chi connectivity index (χ2n) is 6.15. The van der Waals surface area contributed by atoms with Crippen molar-refractivity contribution in [2.75, 3.05) is 18.4 Å². The number of aromatic nitrogens is 3. The number of halogens is 1. The van der Waals surface area contributed by atoms with Crippen LogP contribution in [0.25, 0.3) is 0 Å². The van der Waals surface area contributed by atoms with Crippen LogP contribution < -0.4 is 16.0 Å². The average Bonchev–Trinajstić information content (AvgIpc) is 3.11. The lowest BCUT2D eigenvalue weighted by atomic mass is 9.90. The lowest BCUT2D eigenvalue weighted by molar-refractivity contribution is -0.116. The van der Waals surface area contributed by atoms with Crippen LogP contribution >= 0.6 is 24.0 Å². The van der Waals surface area contributed by atoms with Crippen molar-refractivity contribution in [3.8, 4) is 0 Å². The summed E-state index contributed by atoms with van der Waals surface area (Å²) in [6, 6.07) is 7.94. The van der Waals surface area contributed by atoms with Crippen LogP contribution in [0.2, 0.25) is 0 Å². The monoisotopic (exact) mass is 483 g/mol. The Morgan fingerprint density at radius 3 is 2.93 bits per heavy atom. The van der Waals surface area contributed by atoms with Gasteiger partial charge in [-0.15, -0.1) is 34.2 Å². The molecule has 1 amide bonds. The number of carbonyl (C=O) groups excluding carboxylic acids is 1. The number of hydrogen-bond acceptors (Lipinski definition) is 4. The van der Waals surface area contributed by atoms with Gasteiger partial charge in [0.05, 0.1) is 0 Å². The fourth-order valence-corrected chi connectivity index (χ4v) is 3.06. The van der Waals surface area contributed by atoms with Crippen LogP contribution in [0.4, 0.5) is 5.69 Å². The zero-order valence-corrected chi connectivity index (χ0v) is 17.9. The number of hydrogen-bond donors (Lipinski definition) is 3. The summed E-state index contributed by atoms with van der Waals surface area (Å²) in [7, 11) is 0. The van der Waals surface area contributed by atoms with E-state index < -0.39 is 0 Å². The second-order valence-corrected chi connectivity index (χ2v) is 6.15. The van der Waals surface area contributed by atoms with Gasteiger partial charge >= 0.3 is 0 Å². The molecule has 0 saturated carbocycles. The van der Waals surface area contributed by atoms with Gasteiger partial charge in [-0.3, -0.25) is 4.79 Å². The smallest absolute Gasteiger partial charge is 0.225 e. The first-order chi connectivity index (χ1) is 12.7. The minimum Gasteiger partial charge on any atom is -0.357 e. The van der Waals surface area contributed by atoms with E-state index >= 15 is 0 Å². The van der Waals surface area contributed by atoms with Gasteiger partial charge in [0.1, 0.15) is 12.9 Å². The third kappa shape index (κ3) is 5.41. The summed E-state index contributed by atoms with van der Waals surface area (Å²) in [5.74, 6) is 1.70. The third-order valence-corrected chi connectivity index (χ3v) is 4.38. The quantitative estimate of drug-likeness (QED) is 0.332.